The van der Waals surface area contributed by atoms with Crippen LogP contribution in [0.4, 0.5) is 16.2 Å². The summed E-state index contributed by atoms with van der Waals surface area (Å²) in [5, 5.41) is 2.91. The number of nitrogen functional groups attached to an aromatic ring is 1. The summed E-state index contributed by atoms with van der Waals surface area (Å²) >= 11 is 0. The van der Waals surface area contributed by atoms with Crippen molar-refractivity contribution in [3.8, 4) is 5.75 Å². The van der Waals surface area contributed by atoms with Gasteiger partial charge in [-0.3, -0.25) is 0 Å². The van der Waals surface area contributed by atoms with Gasteiger partial charge in [0.1, 0.15) is 18.0 Å². The number of nitrogens with two attached hydrogens (primary N) is 1. The van der Waals surface area contributed by atoms with E-state index in [1.54, 1.807) is 18.2 Å². The fraction of sp³-hybridized carbons (Fsp3) is 0.529. The monoisotopic (exact) mass is 317 g/mol. The number of alkyl carbamates (subject to hydrolysis) is 1. The first-order valence-electron chi connectivity index (χ1n) is 7.65. The van der Waals surface area contributed by atoms with E-state index in [9.17, 15) is 4.79 Å². The third-order valence-corrected chi connectivity index (χ3v) is 3.72. The highest BCUT2D eigenvalue weighted by Gasteiger charge is 2.40. The van der Waals surface area contributed by atoms with Crippen LogP contribution in [0.3, 0.4) is 0 Å². The van der Waals surface area contributed by atoms with E-state index in [0.29, 0.717) is 17.1 Å². The number of benzene rings is 1. The van der Waals surface area contributed by atoms with E-state index in [1.165, 1.54) is 0 Å². The van der Waals surface area contributed by atoms with Gasteiger partial charge in [0.25, 0.3) is 0 Å². The molecule has 1 saturated carbocycles. The van der Waals surface area contributed by atoms with Gasteiger partial charge in [-0.1, -0.05) is 6.07 Å². The van der Waals surface area contributed by atoms with Gasteiger partial charge in [-0.15, -0.1) is 0 Å². The maximum Gasteiger partial charge on any atom is 0.408 e. The molecule has 1 aromatic rings. The molecule has 0 heterocycles. The minimum atomic E-state index is -0.541. The maximum atomic E-state index is 12.0. The van der Waals surface area contributed by atoms with Crippen LogP contribution in [0.15, 0.2) is 18.2 Å². The predicted octanol–water partition coefficient (Wildman–Crippen LogP) is 3.65. The van der Waals surface area contributed by atoms with Gasteiger partial charge in [-0.25, -0.2) is 9.64 Å². The molecular weight excluding hydrogens is 294 g/mol. The number of amides is 1. The van der Waals surface area contributed by atoms with Crippen LogP contribution >= 0.6 is 0 Å². The second-order valence-electron chi connectivity index (χ2n) is 6.86. The van der Waals surface area contributed by atoms with Gasteiger partial charge in [0, 0.05) is 5.69 Å². The normalized spacial score (nSPS) is 15.9. The van der Waals surface area contributed by atoms with E-state index in [4.69, 9.17) is 21.8 Å². The van der Waals surface area contributed by atoms with Gasteiger partial charge >= 0.3 is 6.09 Å². The largest absolute Gasteiger partial charge is 0.502 e. The number of hydrogen-bond donors (Lipinski definition) is 2. The van der Waals surface area contributed by atoms with Gasteiger partial charge in [0.15, 0.2) is 0 Å². The molecular formula is C17H23N3O3. The molecule has 0 bridgehead atoms. The summed E-state index contributed by atoms with van der Waals surface area (Å²) in [6.45, 7) is 13.0. The number of anilines is 1. The zero-order valence-corrected chi connectivity index (χ0v) is 13.8. The molecule has 0 radical (unpaired) electrons. The van der Waals surface area contributed by atoms with Crippen LogP contribution in [0.25, 0.3) is 4.85 Å². The van der Waals surface area contributed by atoms with Crippen LogP contribution in [0.2, 0.25) is 0 Å². The lowest BCUT2D eigenvalue weighted by atomic mass is 9.77. The standard InChI is InChI=1S/C17H23N3O3/c1-16(2,3)23-15(21)20-17(9-6-10-17)11-22-13-8-5-7-12(18)14(13)19-4/h5,7-8H,6,9-11,18H2,1-3H3,(H,20,21). The Hall–Kier alpha value is -2.42. The zero-order valence-electron chi connectivity index (χ0n) is 13.8. The Bertz CT molecular complexity index is 625. The average Bonchev–Trinajstić information content (AvgIpc) is 2.39. The highest BCUT2D eigenvalue weighted by molar-refractivity contribution is 5.74. The van der Waals surface area contributed by atoms with Crippen LogP contribution in [-0.4, -0.2) is 23.8 Å². The number of rotatable bonds is 4. The average molecular weight is 317 g/mol. The number of carbonyl (C=O) groups excluding carboxylic acids is 1. The summed E-state index contributed by atoms with van der Waals surface area (Å²) < 4.78 is 11.1. The molecule has 6 heteroatoms. The van der Waals surface area contributed by atoms with Crippen LogP contribution in [0.1, 0.15) is 40.0 Å². The van der Waals surface area contributed by atoms with E-state index in [2.05, 4.69) is 10.2 Å². The molecule has 124 valence electrons. The van der Waals surface area contributed by atoms with Crippen molar-refractivity contribution in [2.45, 2.75) is 51.2 Å². The summed E-state index contributed by atoms with van der Waals surface area (Å²) in [4.78, 5) is 15.4. The van der Waals surface area contributed by atoms with Crippen molar-refractivity contribution in [1.82, 2.24) is 5.32 Å². The summed E-state index contributed by atoms with van der Waals surface area (Å²) in [7, 11) is 0. The minimum absolute atomic E-state index is 0.290. The van der Waals surface area contributed by atoms with Crippen LogP contribution in [-0.2, 0) is 4.74 Å². The van der Waals surface area contributed by atoms with Crippen molar-refractivity contribution in [2.75, 3.05) is 12.3 Å². The number of nitrogens with one attached hydrogen (secondary N) is 1. The molecule has 1 fully saturated rings. The van der Waals surface area contributed by atoms with E-state index in [0.717, 1.165) is 19.3 Å². The number of ether oxygens (including phenoxy) is 2. The van der Waals surface area contributed by atoms with Gasteiger partial charge < -0.3 is 20.5 Å². The Kier molecular flexibility index (Phi) is 4.69. The molecule has 1 amide bonds. The smallest absolute Gasteiger partial charge is 0.408 e. The molecule has 0 unspecified atom stereocenters. The molecule has 6 nitrogen and oxygen atoms in total. The van der Waals surface area contributed by atoms with Crippen molar-refractivity contribution in [3.63, 3.8) is 0 Å². The van der Waals surface area contributed by atoms with Gasteiger partial charge in [0.2, 0.25) is 5.69 Å². The Morgan fingerprint density at radius 1 is 1.43 bits per heavy atom. The SMILES string of the molecule is [C-]#[N+]c1c(N)cccc1OCC1(NC(=O)OC(C)(C)C)CCC1. The third kappa shape index (κ3) is 4.28. The quantitative estimate of drug-likeness (QED) is 0.656. The second-order valence-corrected chi connectivity index (χ2v) is 6.86. The van der Waals surface area contributed by atoms with Crippen molar-refractivity contribution in [3.05, 3.63) is 29.6 Å². The summed E-state index contributed by atoms with van der Waals surface area (Å²) in [6, 6.07) is 5.12. The van der Waals surface area contributed by atoms with Crippen molar-refractivity contribution >= 4 is 17.5 Å². The molecule has 0 spiro atoms. The first-order chi connectivity index (χ1) is 10.7. The van der Waals surface area contributed by atoms with Gasteiger partial charge in [0.05, 0.1) is 12.1 Å². The van der Waals surface area contributed by atoms with Crippen LogP contribution in [0.5, 0.6) is 5.75 Å². The fourth-order valence-corrected chi connectivity index (χ4v) is 2.42. The molecule has 0 aliphatic heterocycles. The van der Waals surface area contributed by atoms with Crippen molar-refractivity contribution < 1.29 is 14.3 Å². The number of hydrogen-bond acceptors (Lipinski definition) is 4. The Balaban J connectivity index is 2.02. The topological polar surface area (TPSA) is 77.9 Å². The molecule has 0 saturated heterocycles. The molecule has 1 aromatic carbocycles. The highest BCUT2D eigenvalue weighted by atomic mass is 16.6. The van der Waals surface area contributed by atoms with Crippen molar-refractivity contribution in [1.29, 1.82) is 0 Å². The van der Waals surface area contributed by atoms with Crippen molar-refractivity contribution in [2.24, 2.45) is 0 Å². The first kappa shape index (κ1) is 16.9. The Morgan fingerprint density at radius 3 is 2.65 bits per heavy atom. The summed E-state index contributed by atoms with van der Waals surface area (Å²) in [6.07, 6.45) is 2.22. The molecule has 3 N–H and O–H groups in total. The van der Waals surface area contributed by atoms with Crippen LogP contribution in [0, 0.1) is 6.57 Å². The van der Waals surface area contributed by atoms with Crippen LogP contribution < -0.4 is 15.8 Å². The molecule has 0 atom stereocenters. The highest BCUT2D eigenvalue weighted by Crippen LogP contribution is 2.37. The van der Waals surface area contributed by atoms with E-state index in [1.807, 2.05) is 20.8 Å². The fourth-order valence-electron chi connectivity index (χ4n) is 2.42. The lowest BCUT2D eigenvalue weighted by molar-refractivity contribution is 0.0295. The summed E-state index contributed by atoms with van der Waals surface area (Å²) in [5.74, 6) is 0.442. The molecule has 0 aromatic heterocycles. The van der Waals surface area contributed by atoms with Gasteiger partial charge in [-0.05, 0) is 52.2 Å². The number of nitrogens with zero attached hydrogens (tertiary/aromatic N) is 1. The molecule has 23 heavy (non-hydrogen) atoms. The lowest BCUT2D eigenvalue weighted by Crippen LogP contribution is -2.58. The Morgan fingerprint density at radius 2 is 2.13 bits per heavy atom. The number of carbonyl (C=O) groups is 1. The van der Waals surface area contributed by atoms with Gasteiger partial charge in [-0.2, -0.15) is 0 Å². The molecule has 1 aliphatic carbocycles. The maximum absolute atomic E-state index is 12.0. The minimum Gasteiger partial charge on any atom is -0.502 e. The van der Waals surface area contributed by atoms with E-state index >= 15 is 0 Å². The summed E-state index contributed by atoms with van der Waals surface area (Å²) in [5.41, 5.74) is 5.50. The van der Waals surface area contributed by atoms with E-state index in [-0.39, 0.29) is 6.61 Å². The Labute approximate surface area is 136 Å². The second kappa shape index (κ2) is 6.37. The molecule has 1 aliphatic rings. The molecule has 2 rings (SSSR count). The zero-order chi connectivity index (χ0) is 17.1. The third-order valence-electron chi connectivity index (χ3n) is 3.72. The first-order valence-corrected chi connectivity index (χ1v) is 7.65. The lowest BCUT2D eigenvalue weighted by Gasteiger charge is -2.42. The van der Waals surface area contributed by atoms with E-state index < -0.39 is 17.2 Å². The number of para-hydroxylation sites is 1. The predicted molar refractivity (Wildman–Crippen MR) is 88.6 cm³/mol.